The Labute approximate surface area is 213 Å². The number of benzene rings is 4. The van der Waals surface area contributed by atoms with E-state index in [1.54, 1.807) is 0 Å². The SMILES string of the molecule is CC1(C)c2cc(Br)c(-c3cccc(-c4ccc(-c5ccccc5)cc4)c3)cc2C(C)(C)C1(C)C. The maximum Gasteiger partial charge on any atom is 0.0256 e. The molecule has 172 valence electrons. The van der Waals surface area contributed by atoms with Crippen LogP contribution in [0.4, 0.5) is 0 Å². The maximum atomic E-state index is 3.93. The lowest BCUT2D eigenvalue weighted by Crippen LogP contribution is -2.42. The van der Waals surface area contributed by atoms with E-state index in [-0.39, 0.29) is 16.2 Å². The molecule has 0 heterocycles. The van der Waals surface area contributed by atoms with Crippen molar-refractivity contribution < 1.29 is 0 Å². The van der Waals surface area contributed by atoms with Gasteiger partial charge in [0, 0.05) is 4.47 Å². The second kappa shape index (κ2) is 7.95. The molecule has 0 aliphatic heterocycles. The van der Waals surface area contributed by atoms with E-state index < -0.39 is 0 Å². The zero-order valence-corrected chi connectivity index (χ0v) is 22.6. The zero-order chi connectivity index (χ0) is 24.3. The summed E-state index contributed by atoms with van der Waals surface area (Å²) in [7, 11) is 0. The first-order chi connectivity index (χ1) is 16.0. The predicted octanol–water partition coefficient (Wildman–Crippen LogP) is 10.0. The Bertz CT molecular complexity index is 1360. The molecule has 0 saturated carbocycles. The lowest BCUT2D eigenvalue weighted by atomic mass is 9.59. The Morgan fingerprint density at radius 1 is 0.471 bits per heavy atom. The second-order valence-corrected chi connectivity index (χ2v) is 12.1. The molecule has 1 aliphatic rings. The second-order valence-electron chi connectivity index (χ2n) is 11.3. The molecule has 5 rings (SSSR count). The quantitative estimate of drug-likeness (QED) is 0.258. The Kier molecular flexibility index (Phi) is 5.41. The van der Waals surface area contributed by atoms with E-state index in [1.165, 1.54) is 49.0 Å². The molecule has 0 atom stereocenters. The Morgan fingerprint density at radius 2 is 0.941 bits per heavy atom. The third-order valence-electron chi connectivity index (χ3n) is 9.08. The average Bonchev–Trinajstić information content (AvgIpc) is 2.93. The van der Waals surface area contributed by atoms with Crippen molar-refractivity contribution in [2.24, 2.45) is 5.41 Å². The van der Waals surface area contributed by atoms with Gasteiger partial charge in [0.1, 0.15) is 0 Å². The van der Waals surface area contributed by atoms with Crippen molar-refractivity contribution in [2.75, 3.05) is 0 Å². The summed E-state index contributed by atoms with van der Waals surface area (Å²) in [4.78, 5) is 0. The molecule has 0 aromatic heterocycles. The standard InChI is InChI=1S/C33H33Br/c1-31(2)28-20-27(30(34)21-29(28)32(3,4)33(31,5)6)26-14-10-13-25(19-26)24-17-15-23(16-18-24)22-11-8-7-9-12-22/h7-21H,1-6H3. The first-order valence-electron chi connectivity index (χ1n) is 12.1. The molecule has 0 bridgehead atoms. The summed E-state index contributed by atoms with van der Waals surface area (Å²) >= 11 is 3.93. The summed E-state index contributed by atoms with van der Waals surface area (Å²) in [6.07, 6.45) is 0. The molecule has 4 aromatic carbocycles. The molecule has 0 fully saturated rings. The van der Waals surface area contributed by atoms with Gasteiger partial charge in [-0.05, 0) is 79.0 Å². The number of halogens is 1. The predicted molar refractivity (Wildman–Crippen MR) is 150 cm³/mol. The zero-order valence-electron chi connectivity index (χ0n) is 21.0. The minimum Gasteiger partial charge on any atom is -0.0622 e. The van der Waals surface area contributed by atoms with Gasteiger partial charge in [-0.15, -0.1) is 0 Å². The lowest BCUT2D eigenvalue weighted by molar-refractivity contribution is 0.125. The van der Waals surface area contributed by atoms with Crippen LogP contribution in [0.5, 0.6) is 0 Å². The van der Waals surface area contributed by atoms with Crippen LogP contribution in [0, 0.1) is 5.41 Å². The van der Waals surface area contributed by atoms with Crippen molar-refractivity contribution in [1.29, 1.82) is 0 Å². The number of hydrogen-bond acceptors (Lipinski definition) is 0. The van der Waals surface area contributed by atoms with Gasteiger partial charge >= 0.3 is 0 Å². The summed E-state index contributed by atoms with van der Waals surface area (Å²) in [5.74, 6) is 0. The molecule has 4 aromatic rings. The Hall–Kier alpha value is -2.64. The van der Waals surface area contributed by atoms with Crippen molar-refractivity contribution in [3.05, 3.63) is 107 Å². The molecule has 0 N–H and O–H groups in total. The van der Waals surface area contributed by atoms with Crippen LogP contribution in [0.2, 0.25) is 0 Å². The topological polar surface area (TPSA) is 0 Å². The van der Waals surface area contributed by atoms with Crippen LogP contribution in [0.3, 0.4) is 0 Å². The van der Waals surface area contributed by atoms with Crippen molar-refractivity contribution in [3.8, 4) is 33.4 Å². The van der Waals surface area contributed by atoms with Gasteiger partial charge in [-0.2, -0.15) is 0 Å². The highest BCUT2D eigenvalue weighted by Gasteiger charge is 2.56. The lowest BCUT2D eigenvalue weighted by Gasteiger charge is -2.44. The van der Waals surface area contributed by atoms with Crippen LogP contribution in [-0.4, -0.2) is 0 Å². The molecule has 0 saturated heterocycles. The van der Waals surface area contributed by atoms with E-state index in [1.807, 2.05) is 0 Å². The molecular weight excluding hydrogens is 476 g/mol. The highest BCUT2D eigenvalue weighted by atomic mass is 79.9. The number of fused-ring (bicyclic) bond motifs is 1. The molecule has 0 spiro atoms. The van der Waals surface area contributed by atoms with E-state index in [0.29, 0.717) is 0 Å². The summed E-state index contributed by atoms with van der Waals surface area (Å²) in [5.41, 5.74) is 10.8. The first-order valence-corrected chi connectivity index (χ1v) is 12.9. The van der Waals surface area contributed by atoms with Crippen LogP contribution >= 0.6 is 15.9 Å². The van der Waals surface area contributed by atoms with E-state index in [9.17, 15) is 0 Å². The van der Waals surface area contributed by atoms with Gasteiger partial charge in [0.15, 0.2) is 0 Å². The van der Waals surface area contributed by atoms with Gasteiger partial charge < -0.3 is 0 Å². The van der Waals surface area contributed by atoms with Crippen molar-refractivity contribution in [2.45, 2.75) is 52.4 Å². The molecule has 0 amide bonds. The molecule has 0 nitrogen and oxygen atoms in total. The van der Waals surface area contributed by atoms with Gasteiger partial charge in [-0.25, -0.2) is 0 Å². The average molecular weight is 510 g/mol. The molecule has 0 unspecified atom stereocenters. The van der Waals surface area contributed by atoms with Crippen molar-refractivity contribution in [3.63, 3.8) is 0 Å². The van der Waals surface area contributed by atoms with Gasteiger partial charge in [0.2, 0.25) is 0 Å². The van der Waals surface area contributed by atoms with Gasteiger partial charge in [-0.3, -0.25) is 0 Å². The van der Waals surface area contributed by atoms with Gasteiger partial charge in [-0.1, -0.05) is 130 Å². The summed E-state index contributed by atoms with van der Waals surface area (Å²) in [6, 6.07) is 33.2. The van der Waals surface area contributed by atoms with Crippen LogP contribution in [0.1, 0.15) is 52.7 Å². The summed E-state index contributed by atoms with van der Waals surface area (Å²) in [5, 5.41) is 0. The molecular formula is C33H33Br. The molecule has 1 aliphatic carbocycles. The van der Waals surface area contributed by atoms with E-state index >= 15 is 0 Å². The monoisotopic (exact) mass is 508 g/mol. The molecule has 34 heavy (non-hydrogen) atoms. The van der Waals surface area contributed by atoms with Crippen LogP contribution in [0.25, 0.3) is 33.4 Å². The van der Waals surface area contributed by atoms with E-state index in [4.69, 9.17) is 0 Å². The van der Waals surface area contributed by atoms with Crippen LogP contribution in [-0.2, 0) is 10.8 Å². The fraction of sp³-hybridized carbons (Fsp3) is 0.273. The summed E-state index contributed by atoms with van der Waals surface area (Å²) in [6.45, 7) is 14.4. The van der Waals surface area contributed by atoms with Gasteiger partial charge in [0.05, 0.1) is 0 Å². The van der Waals surface area contributed by atoms with Crippen LogP contribution in [0.15, 0.2) is 95.5 Å². The van der Waals surface area contributed by atoms with E-state index in [2.05, 4.69) is 148 Å². The smallest absolute Gasteiger partial charge is 0.0256 e. The highest BCUT2D eigenvalue weighted by molar-refractivity contribution is 9.10. The van der Waals surface area contributed by atoms with Crippen molar-refractivity contribution in [1.82, 2.24) is 0 Å². The Morgan fingerprint density at radius 3 is 1.56 bits per heavy atom. The number of hydrogen-bond donors (Lipinski definition) is 0. The fourth-order valence-corrected chi connectivity index (χ4v) is 6.21. The molecule has 0 radical (unpaired) electrons. The summed E-state index contributed by atoms with van der Waals surface area (Å²) < 4.78 is 1.17. The third kappa shape index (κ3) is 3.40. The van der Waals surface area contributed by atoms with Gasteiger partial charge in [0.25, 0.3) is 0 Å². The normalized spacial score (nSPS) is 17.4. The maximum absolute atomic E-state index is 3.93. The Balaban J connectivity index is 1.55. The largest absolute Gasteiger partial charge is 0.0622 e. The minimum atomic E-state index is 0.0894. The fourth-order valence-electron chi connectivity index (χ4n) is 5.64. The number of rotatable bonds is 3. The highest BCUT2D eigenvalue weighted by Crippen LogP contribution is 2.62. The van der Waals surface area contributed by atoms with Crippen molar-refractivity contribution >= 4 is 15.9 Å². The van der Waals surface area contributed by atoms with Crippen LogP contribution < -0.4 is 0 Å². The van der Waals surface area contributed by atoms with E-state index in [0.717, 1.165) is 0 Å². The minimum absolute atomic E-state index is 0.0894. The third-order valence-corrected chi connectivity index (χ3v) is 9.73. The first kappa shape index (κ1) is 23.1. The molecule has 1 heteroatoms.